The molecule has 1 unspecified atom stereocenters. The number of hydrogen-bond acceptors (Lipinski definition) is 10. The van der Waals surface area contributed by atoms with Crippen LogP contribution in [0.25, 0.3) is 11.4 Å². The molecule has 4 heterocycles. The molecule has 1 amide bonds. The third-order valence-corrected chi connectivity index (χ3v) is 8.76. The number of unbranched alkanes of at least 4 members (excludes halogenated alkanes) is 2. The van der Waals surface area contributed by atoms with Gasteiger partial charge in [-0.3, -0.25) is 14.5 Å². The van der Waals surface area contributed by atoms with Crippen molar-refractivity contribution in [3.8, 4) is 11.5 Å². The number of carbonyl (C=O) groups excluding carboxylic acids is 3. The van der Waals surface area contributed by atoms with Crippen molar-refractivity contribution in [2.75, 3.05) is 25.7 Å². The molecule has 11 nitrogen and oxygen atoms in total. The highest BCUT2D eigenvalue weighted by atomic mass is 32.1. The number of aromatic nitrogens is 3. The number of benzene rings is 1. The quantitative estimate of drug-likeness (QED) is 0.0781. The van der Waals surface area contributed by atoms with Gasteiger partial charge in [0.15, 0.2) is 22.4 Å². The third kappa shape index (κ3) is 5.30. The molecule has 1 fully saturated rings. The molecule has 3 aromatic heterocycles. The van der Waals surface area contributed by atoms with Crippen molar-refractivity contribution in [2.24, 2.45) is 0 Å². The number of rotatable bonds is 10. The zero-order valence-electron chi connectivity index (χ0n) is 25.5. The summed E-state index contributed by atoms with van der Waals surface area (Å²) in [6.07, 6.45) is 4.77. The maximum Gasteiger partial charge on any atom is 0.350 e. The van der Waals surface area contributed by atoms with Crippen LogP contribution in [0.2, 0.25) is 0 Å². The summed E-state index contributed by atoms with van der Waals surface area (Å²) >= 11 is 0.928. The van der Waals surface area contributed by atoms with Gasteiger partial charge in [0.05, 0.1) is 43.8 Å². The van der Waals surface area contributed by atoms with Gasteiger partial charge in [-0.15, -0.1) is 0 Å². The summed E-state index contributed by atoms with van der Waals surface area (Å²) < 4.78 is 18.3. The number of pyridine rings is 1. The number of fused-ring (bicyclic) bond motifs is 1. The fraction of sp³-hybridized carbons (Fsp3) is 0.344. The van der Waals surface area contributed by atoms with E-state index < -0.39 is 29.5 Å². The molecule has 1 N–H and O–H groups in total. The molecule has 12 heteroatoms. The Morgan fingerprint density at radius 1 is 1.07 bits per heavy atom. The average molecular weight is 619 g/mol. The zero-order chi connectivity index (χ0) is 31.7. The lowest BCUT2D eigenvalue weighted by Crippen LogP contribution is -2.29. The summed E-state index contributed by atoms with van der Waals surface area (Å²) in [5, 5.41) is 11.9. The van der Waals surface area contributed by atoms with Crippen LogP contribution in [0, 0.1) is 20.8 Å². The van der Waals surface area contributed by atoms with Gasteiger partial charge in [-0.1, -0.05) is 43.2 Å². The number of aryl methyl sites for hydroxylation is 3. The Bertz CT molecular complexity index is 1810. The van der Waals surface area contributed by atoms with Crippen LogP contribution >= 0.6 is 11.3 Å². The molecule has 0 spiro atoms. The van der Waals surface area contributed by atoms with E-state index in [1.165, 1.54) is 19.1 Å². The van der Waals surface area contributed by atoms with E-state index in [9.17, 15) is 19.5 Å². The molecule has 5 rings (SSSR count). The first-order valence-corrected chi connectivity index (χ1v) is 15.1. The van der Waals surface area contributed by atoms with Crippen LogP contribution < -0.4 is 14.4 Å². The second kappa shape index (κ2) is 12.5. The second-order valence-corrected chi connectivity index (χ2v) is 11.4. The van der Waals surface area contributed by atoms with Crippen LogP contribution in [0.5, 0.6) is 11.5 Å². The summed E-state index contributed by atoms with van der Waals surface area (Å²) in [5.41, 5.74) is 2.91. The number of aliphatic hydroxyl groups excluding tert-OH is 1. The number of anilines is 1. The Hall–Kier alpha value is -4.71. The summed E-state index contributed by atoms with van der Waals surface area (Å²) in [7, 11) is 2.76. The molecule has 1 aliphatic rings. The van der Waals surface area contributed by atoms with E-state index in [0.29, 0.717) is 40.7 Å². The number of carbonyl (C=O) groups is 3. The minimum atomic E-state index is -1.11. The number of ketones is 1. The number of amides is 1. The van der Waals surface area contributed by atoms with Crippen molar-refractivity contribution < 1.29 is 33.7 Å². The zero-order valence-corrected chi connectivity index (χ0v) is 26.3. The van der Waals surface area contributed by atoms with Gasteiger partial charge in [-0.2, -0.15) is 0 Å². The highest BCUT2D eigenvalue weighted by Crippen LogP contribution is 2.45. The molecule has 4 aromatic rings. The predicted molar refractivity (Wildman–Crippen MR) is 166 cm³/mol. The molecule has 0 aliphatic carbocycles. The molecule has 0 bridgehead atoms. The van der Waals surface area contributed by atoms with E-state index in [2.05, 4.69) is 16.9 Å². The van der Waals surface area contributed by atoms with Gasteiger partial charge in [0.2, 0.25) is 0 Å². The number of hydrogen-bond donors (Lipinski definition) is 1. The molecular weight excluding hydrogens is 584 g/mol. The predicted octanol–water partition coefficient (Wildman–Crippen LogP) is 5.71. The van der Waals surface area contributed by atoms with E-state index in [0.717, 1.165) is 36.2 Å². The Labute approximate surface area is 258 Å². The molecule has 230 valence electrons. The van der Waals surface area contributed by atoms with Gasteiger partial charge in [0, 0.05) is 6.20 Å². The molecule has 44 heavy (non-hydrogen) atoms. The lowest BCUT2D eigenvalue weighted by atomic mass is 9.96. The number of ether oxygens (including phenoxy) is 3. The number of methoxy groups -OCH3 is 2. The van der Waals surface area contributed by atoms with Crippen molar-refractivity contribution in [1.29, 1.82) is 0 Å². The normalized spacial score (nSPS) is 16.1. The van der Waals surface area contributed by atoms with Crippen molar-refractivity contribution in [2.45, 2.75) is 53.0 Å². The Morgan fingerprint density at radius 3 is 2.52 bits per heavy atom. The van der Waals surface area contributed by atoms with Gasteiger partial charge < -0.3 is 23.7 Å². The van der Waals surface area contributed by atoms with Crippen LogP contribution in [-0.4, -0.2) is 58.0 Å². The van der Waals surface area contributed by atoms with Gasteiger partial charge in [0.1, 0.15) is 16.2 Å². The molecular formula is C32H34N4O7S. The highest BCUT2D eigenvalue weighted by molar-refractivity contribution is 7.17. The maximum atomic E-state index is 13.8. The standard InChI is InChI=1S/C32H34N4O7S/c1-7-8-9-15-43-21-13-12-20(16-22(21)41-5)25-23(26(37)24-19(4)35-14-10-11-17(2)29(35)34-24)27(38)30(39)36(25)32-33-18(3)28(44-32)31(40)42-6/h10-14,16,25,37H,7-9,15H2,1-6H3. The minimum Gasteiger partial charge on any atom is -0.505 e. The summed E-state index contributed by atoms with van der Waals surface area (Å²) in [5.74, 6) is -1.94. The van der Waals surface area contributed by atoms with E-state index >= 15 is 0 Å². The first-order chi connectivity index (χ1) is 21.1. The maximum absolute atomic E-state index is 13.8. The highest BCUT2D eigenvalue weighted by Gasteiger charge is 2.49. The first-order valence-electron chi connectivity index (χ1n) is 14.2. The second-order valence-electron chi connectivity index (χ2n) is 10.5. The van der Waals surface area contributed by atoms with Gasteiger partial charge in [0.25, 0.3) is 5.78 Å². The van der Waals surface area contributed by atoms with Crippen molar-refractivity contribution in [3.63, 3.8) is 0 Å². The van der Waals surface area contributed by atoms with E-state index in [4.69, 9.17) is 14.2 Å². The number of aliphatic hydroxyl groups is 1. The Morgan fingerprint density at radius 2 is 1.84 bits per heavy atom. The SMILES string of the molecule is CCCCCOc1ccc(C2C(=C(O)c3nc4c(C)cccn4c3C)C(=O)C(=O)N2c2nc(C)c(C(=O)OC)s2)cc1OC. The molecule has 1 saturated heterocycles. The van der Waals surface area contributed by atoms with Crippen LogP contribution in [0.3, 0.4) is 0 Å². The monoisotopic (exact) mass is 618 g/mol. The lowest BCUT2D eigenvalue weighted by Gasteiger charge is -2.24. The number of esters is 1. The lowest BCUT2D eigenvalue weighted by molar-refractivity contribution is -0.132. The largest absolute Gasteiger partial charge is 0.505 e. The third-order valence-electron chi connectivity index (χ3n) is 7.62. The molecule has 0 saturated carbocycles. The summed E-state index contributed by atoms with van der Waals surface area (Å²) in [4.78, 5) is 50.4. The number of thiazole rings is 1. The Kier molecular flexibility index (Phi) is 8.73. The summed E-state index contributed by atoms with van der Waals surface area (Å²) in [6, 6.07) is 7.76. The average Bonchev–Trinajstić information content (AvgIpc) is 3.66. The van der Waals surface area contributed by atoms with Gasteiger partial charge in [-0.05, 0) is 56.5 Å². The van der Waals surface area contributed by atoms with Crippen molar-refractivity contribution in [1.82, 2.24) is 14.4 Å². The molecule has 0 radical (unpaired) electrons. The number of nitrogens with zero attached hydrogens (tertiary/aromatic N) is 4. The van der Waals surface area contributed by atoms with Crippen molar-refractivity contribution in [3.05, 3.63) is 75.2 Å². The molecule has 1 aliphatic heterocycles. The van der Waals surface area contributed by atoms with Gasteiger partial charge >= 0.3 is 11.9 Å². The van der Waals surface area contributed by atoms with Crippen LogP contribution in [0.4, 0.5) is 5.13 Å². The number of imidazole rings is 1. The fourth-order valence-corrected chi connectivity index (χ4v) is 6.31. The van der Waals surface area contributed by atoms with E-state index in [1.54, 1.807) is 32.0 Å². The number of Topliss-reactive ketones (excluding diaryl/α,β-unsaturated/α-hetero) is 1. The summed E-state index contributed by atoms with van der Waals surface area (Å²) in [6.45, 7) is 7.91. The van der Waals surface area contributed by atoms with Crippen LogP contribution in [-0.2, 0) is 14.3 Å². The first kappa shape index (κ1) is 30.7. The van der Waals surface area contributed by atoms with Gasteiger partial charge in [-0.25, -0.2) is 14.8 Å². The fourth-order valence-electron chi connectivity index (χ4n) is 5.29. The Balaban J connectivity index is 1.70. The minimum absolute atomic E-state index is 0.107. The van der Waals surface area contributed by atoms with E-state index in [1.807, 2.05) is 29.7 Å². The smallest absolute Gasteiger partial charge is 0.350 e. The topological polar surface area (TPSA) is 133 Å². The van der Waals surface area contributed by atoms with E-state index in [-0.39, 0.29) is 21.3 Å². The van der Waals surface area contributed by atoms with Crippen molar-refractivity contribution >= 4 is 45.5 Å². The molecule has 1 aromatic carbocycles. The van der Waals surface area contributed by atoms with Crippen LogP contribution in [0.1, 0.15) is 70.1 Å². The molecule has 1 atom stereocenters. The van der Waals surface area contributed by atoms with Crippen LogP contribution in [0.15, 0.2) is 42.1 Å².